The molecule has 1 saturated heterocycles. The number of carbonyl (C=O) groups excluding carboxylic acids is 1. The number of nitrogens with zero attached hydrogens (tertiary/aromatic N) is 5. The number of rotatable bonds is 5. The number of amides is 1. The normalized spacial score (nSPS) is 16.0. The third-order valence-electron chi connectivity index (χ3n) is 5.12. The Bertz CT molecular complexity index is 863. The van der Waals surface area contributed by atoms with Crippen molar-refractivity contribution in [2.45, 2.75) is 26.2 Å². The van der Waals surface area contributed by atoms with Crippen molar-refractivity contribution in [2.75, 3.05) is 24.5 Å². The first-order valence-corrected chi connectivity index (χ1v) is 9.36. The molecule has 0 radical (unpaired) electrons. The van der Waals surface area contributed by atoms with Crippen molar-refractivity contribution in [1.82, 2.24) is 20.1 Å². The third kappa shape index (κ3) is 4.40. The molecule has 1 aromatic carbocycles. The Balaban J connectivity index is 1.55. The number of carbonyl (C=O) groups is 1. The van der Waals surface area contributed by atoms with Crippen molar-refractivity contribution in [3.63, 3.8) is 0 Å². The first kappa shape index (κ1) is 19.2. The Morgan fingerprint density at radius 2 is 2.15 bits per heavy atom. The molecule has 0 atom stereocenters. The molecule has 27 heavy (non-hydrogen) atoms. The van der Waals surface area contributed by atoms with Crippen LogP contribution in [0.2, 0.25) is 5.02 Å². The number of aryl methyl sites for hydroxylation is 1. The molecule has 8 heteroatoms. The minimum Gasteiger partial charge on any atom is -0.370 e. The molecule has 0 unspecified atom stereocenters. The lowest BCUT2D eigenvalue weighted by atomic mass is 9.79. The van der Waals surface area contributed by atoms with E-state index in [0.29, 0.717) is 23.6 Å². The van der Waals surface area contributed by atoms with E-state index in [2.05, 4.69) is 26.4 Å². The SMILES string of the molecule is Cn1cnc(CCNC(=O)C2(C)CCN(c3ccc(Cl)cc3C#N)CC2)n1. The summed E-state index contributed by atoms with van der Waals surface area (Å²) in [5.41, 5.74) is 1.04. The Labute approximate surface area is 163 Å². The Morgan fingerprint density at radius 1 is 1.41 bits per heavy atom. The average Bonchev–Trinajstić information content (AvgIpc) is 3.07. The molecule has 3 rings (SSSR count). The van der Waals surface area contributed by atoms with Crippen molar-refractivity contribution in [3.05, 3.63) is 40.9 Å². The van der Waals surface area contributed by atoms with Crippen LogP contribution in [-0.4, -0.2) is 40.3 Å². The number of piperidine rings is 1. The molecule has 0 bridgehead atoms. The maximum atomic E-state index is 12.7. The summed E-state index contributed by atoms with van der Waals surface area (Å²) in [5, 5.41) is 17.1. The molecule has 0 aliphatic carbocycles. The fourth-order valence-electron chi connectivity index (χ4n) is 3.34. The van der Waals surface area contributed by atoms with Crippen molar-refractivity contribution in [3.8, 4) is 6.07 Å². The van der Waals surface area contributed by atoms with E-state index in [9.17, 15) is 10.1 Å². The summed E-state index contributed by atoms with van der Waals surface area (Å²) >= 11 is 5.98. The number of hydrogen-bond donors (Lipinski definition) is 1. The van der Waals surface area contributed by atoms with Gasteiger partial charge in [-0.25, -0.2) is 4.98 Å². The smallest absolute Gasteiger partial charge is 0.226 e. The van der Waals surface area contributed by atoms with Gasteiger partial charge in [-0.2, -0.15) is 10.4 Å². The summed E-state index contributed by atoms with van der Waals surface area (Å²) in [6.07, 6.45) is 3.73. The highest BCUT2D eigenvalue weighted by Crippen LogP contribution is 2.34. The molecule has 142 valence electrons. The first-order chi connectivity index (χ1) is 12.9. The highest BCUT2D eigenvalue weighted by molar-refractivity contribution is 6.30. The van der Waals surface area contributed by atoms with Crippen LogP contribution in [0.1, 0.15) is 31.2 Å². The summed E-state index contributed by atoms with van der Waals surface area (Å²) < 4.78 is 1.65. The fraction of sp³-hybridized carbons (Fsp3) is 0.474. The zero-order chi connectivity index (χ0) is 19.4. The number of benzene rings is 1. The van der Waals surface area contributed by atoms with Crippen LogP contribution >= 0.6 is 11.6 Å². The zero-order valence-electron chi connectivity index (χ0n) is 15.6. The van der Waals surface area contributed by atoms with Gasteiger partial charge in [0.05, 0.1) is 11.3 Å². The molecular weight excluding hydrogens is 364 g/mol. The van der Waals surface area contributed by atoms with E-state index in [4.69, 9.17) is 11.6 Å². The van der Waals surface area contributed by atoms with Gasteiger partial charge in [0.25, 0.3) is 0 Å². The topological polar surface area (TPSA) is 86.8 Å². The summed E-state index contributed by atoms with van der Waals surface area (Å²) in [6.45, 7) is 3.98. The maximum Gasteiger partial charge on any atom is 0.226 e. The zero-order valence-corrected chi connectivity index (χ0v) is 16.3. The lowest BCUT2D eigenvalue weighted by molar-refractivity contribution is -0.131. The van der Waals surface area contributed by atoms with E-state index in [1.807, 2.05) is 20.0 Å². The van der Waals surface area contributed by atoms with E-state index in [1.54, 1.807) is 23.1 Å². The summed E-state index contributed by atoms with van der Waals surface area (Å²) in [7, 11) is 1.82. The van der Waals surface area contributed by atoms with Crippen LogP contribution in [0, 0.1) is 16.7 Å². The van der Waals surface area contributed by atoms with Crippen LogP contribution < -0.4 is 10.2 Å². The van der Waals surface area contributed by atoms with Gasteiger partial charge in [0.15, 0.2) is 5.82 Å². The van der Waals surface area contributed by atoms with Crippen molar-refractivity contribution >= 4 is 23.2 Å². The van der Waals surface area contributed by atoms with Gasteiger partial charge in [-0.15, -0.1) is 0 Å². The van der Waals surface area contributed by atoms with Gasteiger partial charge < -0.3 is 10.2 Å². The van der Waals surface area contributed by atoms with E-state index in [1.165, 1.54) is 0 Å². The summed E-state index contributed by atoms with van der Waals surface area (Å²) in [6, 6.07) is 7.56. The van der Waals surface area contributed by atoms with Crippen molar-refractivity contribution < 1.29 is 4.79 Å². The first-order valence-electron chi connectivity index (χ1n) is 8.99. The average molecular weight is 387 g/mol. The molecule has 1 amide bonds. The van der Waals surface area contributed by atoms with Crippen molar-refractivity contribution in [1.29, 1.82) is 5.26 Å². The molecule has 1 aliphatic rings. The van der Waals surface area contributed by atoms with Crippen LogP contribution in [0.3, 0.4) is 0 Å². The van der Waals surface area contributed by atoms with Gasteiger partial charge in [-0.1, -0.05) is 18.5 Å². The minimum atomic E-state index is -0.409. The Morgan fingerprint density at radius 3 is 2.78 bits per heavy atom. The number of halogens is 1. The predicted octanol–water partition coefficient (Wildman–Crippen LogP) is 2.31. The number of nitriles is 1. The van der Waals surface area contributed by atoms with Gasteiger partial charge in [0, 0.05) is 43.5 Å². The van der Waals surface area contributed by atoms with Crippen LogP contribution in [0.5, 0.6) is 0 Å². The molecule has 0 saturated carbocycles. The highest BCUT2D eigenvalue weighted by Gasteiger charge is 2.37. The largest absolute Gasteiger partial charge is 0.370 e. The molecular formula is C19H23ClN6O. The monoisotopic (exact) mass is 386 g/mol. The second-order valence-corrected chi connectivity index (χ2v) is 7.60. The molecule has 1 N–H and O–H groups in total. The highest BCUT2D eigenvalue weighted by atomic mass is 35.5. The maximum absolute atomic E-state index is 12.7. The van der Waals surface area contributed by atoms with E-state index in [0.717, 1.165) is 37.4 Å². The van der Waals surface area contributed by atoms with Crippen LogP contribution in [0.25, 0.3) is 0 Å². The van der Waals surface area contributed by atoms with E-state index < -0.39 is 5.41 Å². The second kappa shape index (κ2) is 7.97. The number of hydrogen-bond acceptors (Lipinski definition) is 5. The quantitative estimate of drug-likeness (QED) is 0.852. The van der Waals surface area contributed by atoms with Gasteiger partial charge in [0.1, 0.15) is 12.4 Å². The molecule has 1 aliphatic heterocycles. The Hall–Kier alpha value is -2.59. The predicted molar refractivity (Wildman–Crippen MR) is 103 cm³/mol. The lowest BCUT2D eigenvalue weighted by Gasteiger charge is -2.39. The van der Waals surface area contributed by atoms with Gasteiger partial charge in [0.2, 0.25) is 5.91 Å². The van der Waals surface area contributed by atoms with Gasteiger partial charge in [-0.3, -0.25) is 9.48 Å². The molecule has 2 heterocycles. The molecule has 2 aromatic rings. The van der Waals surface area contributed by atoms with Gasteiger partial charge in [-0.05, 0) is 31.0 Å². The standard InChI is InChI=1S/C19H23ClN6O/c1-19(18(27)22-8-5-17-23-13-25(2)24-17)6-9-26(10-7-19)16-4-3-15(20)11-14(16)12-21/h3-4,11,13H,5-10H2,1-2H3,(H,22,27). The van der Waals surface area contributed by atoms with E-state index in [-0.39, 0.29) is 5.91 Å². The number of anilines is 1. The van der Waals surface area contributed by atoms with Crippen LogP contribution in [0.15, 0.2) is 24.5 Å². The fourth-order valence-corrected chi connectivity index (χ4v) is 3.51. The lowest BCUT2D eigenvalue weighted by Crippen LogP contribution is -2.47. The molecule has 7 nitrogen and oxygen atoms in total. The third-order valence-corrected chi connectivity index (χ3v) is 5.35. The molecule has 0 spiro atoms. The number of aromatic nitrogens is 3. The second-order valence-electron chi connectivity index (χ2n) is 7.16. The van der Waals surface area contributed by atoms with Crippen LogP contribution in [0.4, 0.5) is 5.69 Å². The van der Waals surface area contributed by atoms with Crippen LogP contribution in [-0.2, 0) is 18.3 Å². The Kier molecular flexibility index (Phi) is 5.66. The van der Waals surface area contributed by atoms with Crippen molar-refractivity contribution in [2.24, 2.45) is 12.5 Å². The van der Waals surface area contributed by atoms with Gasteiger partial charge >= 0.3 is 0 Å². The summed E-state index contributed by atoms with van der Waals surface area (Å²) in [5.74, 6) is 0.791. The minimum absolute atomic E-state index is 0.0645. The van der Waals surface area contributed by atoms with E-state index >= 15 is 0 Å². The molecule has 1 fully saturated rings. The number of nitrogens with one attached hydrogen (secondary N) is 1. The molecule has 1 aromatic heterocycles. The summed E-state index contributed by atoms with van der Waals surface area (Å²) in [4.78, 5) is 19.0.